The first-order valence-electron chi connectivity index (χ1n) is 9.70. The van der Waals surface area contributed by atoms with Crippen molar-refractivity contribution in [2.75, 3.05) is 12.4 Å². The summed E-state index contributed by atoms with van der Waals surface area (Å²) in [5, 5.41) is 22.9. The molecule has 0 aliphatic heterocycles. The van der Waals surface area contributed by atoms with E-state index in [4.69, 9.17) is 4.74 Å². The Morgan fingerprint density at radius 2 is 2.03 bits per heavy atom. The number of aromatic nitrogens is 4. The van der Waals surface area contributed by atoms with Crippen molar-refractivity contribution in [1.82, 2.24) is 25.5 Å². The fourth-order valence-electron chi connectivity index (χ4n) is 3.32. The Kier molecular flexibility index (Phi) is 5.76. The van der Waals surface area contributed by atoms with Gasteiger partial charge in [0.15, 0.2) is 0 Å². The van der Waals surface area contributed by atoms with Gasteiger partial charge in [-0.05, 0) is 24.6 Å². The number of carbonyl (C=O) groups excluding carboxylic acids is 1. The van der Waals surface area contributed by atoms with Gasteiger partial charge in [0.1, 0.15) is 5.82 Å². The lowest BCUT2D eigenvalue weighted by atomic mass is 10.1. The number of ether oxygens (including phenoxy) is 1. The van der Waals surface area contributed by atoms with E-state index in [0.717, 1.165) is 5.56 Å². The van der Waals surface area contributed by atoms with Crippen molar-refractivity contribution >= 4 is 22.8 Å². The van der Waals surface area contributed by atoms with Crippen molar-refractivity contribution in [3.8, 4) is 17.1 Å². The molecule has 0 radical (unpaired) electrons. The SMILES string of the molecule is COc1n[nH]c2cc(NC(=O)NC(C)c3ccccc3)nc(-c3ccnc(CO)c3)c12. The zero-order valence-electron chi connectivity index (χ0n) is 17.1. The van der Waals surface area contributed by atoms with Gasteiger partial charge in [-0.3, -0.25) is 15.4 Å². The number of H-pyrrole nitrogens is 1. The maximum Gasteiger partial charge on any atom is 0.320 e. The molecule has 1 aromatic carbocycles. The number of hydrogen-bond acceptors (Lipinski definition) is 6. The van der Waals surface area contributed by atoms with Gasteiger partial charge in [0, 0.05) is 17.8 Å². The number of aromatic amines is 1. The summed E-state index contributed by atoms with van der Waals surface area (Å²) >= 11 is 0. The monoisotopic (exact) mass is 418 g/mol. The Balaban J connectivity index is 1.66. The Morgan fingerprint density at radius 3 is 2.77 bits per heavy atom. The highest BCUT2D eigenvalue weighted by atomic mass is 16.5. The molecular weight excluding hydrogens is 396 g/mol. The number of pyridine rings is 2. The van der Waals surface area contributed by atoms with Crippen LogP contribution in [0.25, 0.3) is 22.2 Å². The summed E-state index contributed by atoms with van der Waals surface area (Å²) in [6, 6.07) is 14.3. The predicted octanol–water partition coefficient (Wildman–Crippen LogP) is 3.40. The lowest BCUT2D eigenvalue weighted by Gasteiger charge is -2.15. The molecule has 4 N–H and O–H groups in total. The number of aliphatic hydroxyl groups is 1. The lowest BCUT2D eigenvalue weighted by molar-refractivity contribution is 0.249. The first kappa shape index (κ1) is 20.3. The molecule has 4 aromatic rings. The first-order chi connectivity index (χ1) is 15.1. The van der Waals surface area contributed by atoms with E-state index in [1.165, 1.54) is 7.11 Å². The summed E-state index contributed by atoms with van der Waals surface area (Å²) in [5.74, 6) is 0.725. The fourth-order valence-corrected chi connectivity index (χ4v) is 3.32. The molecule has 9 heteroatoms. The van der Waals surface area contributed by atoms with Crippen LogP contribution in [-0.4, -0.2) is 38.4 Å². The molecule has 4 rings (SSSR count). The van der Waals surface area contributed by atoms with E-state index < -0.39 is 0 Å². The number of methoxy groups -OCH3 is 1. The van der Waals surface area contributed by atoms with Crippen molar-refractivity contribution in [3.63, 3.8) is 0 Å². The second-order valence-electron chi connectivity index (χ2n) is 6.94. The number of anilines is 1. The van der Waals surface area contributed by atoms with Gasteiger partial charge in [-0.25, -0.2) is 9.78 Å². The number of hydrogen-bond donors (Lipinski definition) is 4. The zero-order valence-corrected chi connectivity index (χ0v) is 17.1. The van der Waals surface area contributed by atoms with Crippen LogP contribution in [0, 0.1) is 0 Å². The van der Waals surface area contributed by atoms with Crippen LogP contribution >= 0.6 is 0 Å². The van der Waals surface area contributed by atoms with Gasteiger partial charge in [-0.2, -0.15) is 0 Å². The molecule has 9 nitrogen and oxygen atoms in total. The minimum Gasteiger partial charge on any atom is -0.479 e. The smallest absolute Gasteiger partial charge is 0.320 e. The van der Waals surface area contributed by atoms with E-state index >= 15 is 0 Å². The average molecular weight is 418 g/mol. The Labute approximate surface area is 178 Å². The Morgan fingerprint density at radius 1 is 1.23 bits per heavy atom. The number of urea groups is 1. The molecule has 0 fully saturated rings. The molecule has 0 bridgehead atoms. The maximum atomic E-state index is 12.6. The number of amides is 2. The van der Waals surface area contributed by atoms with Crippen molar-refractivity contribution in [2.45, 2.75) is 19.6 Å². The van der Waals surface area contributed by atoms with Gasteiger partial charge in [-0.1, -0.05) is 30.3 Å². The molecule has 0 aliphatic carbocycles. The van der Waals surface area contributed by atoms with Gasteiger partial charge >= 0.3 is 6.03 Å². The molecular formula is C22H22N6O3. The average Bonchev–Trinajstić information content (AvgIpc) is 3.22. The predicted molar refractivity (Wildman–Crippen MR) is 117 cm³/mol. The van der Waals surface area contributed by atoms with Crippen LogP contribution in [-0.2, 0) is 6.61 Å². The van der Waals surface area contributed by atoms with Crippen molar-refractivity contribution in [1.29, 1.82) is 0 Å². The Bertz CT molecular complexity index is 1210. The van der Waals surface area contributed by atoms with Gasteiger partial charge < -0.3 is 15.2 Å². The largest absolute Gasteiger partial charge is 0.479 e. The zero-order chi connectivity index (χ0) is 21.8. The number of rotatable bonds is 6. The number of benzene rings is 1. The van der Waals surface area contributed by atoms with E-state index in [0.29, 0.717) is 39.6 Å². The van der Waals surface area contributed by atoms with Gasteiger partial charge in [0.25, 0.3) is 0 Å². The molecule has 0 saturated heterocycles. The van der Waals surface area contributed by atoms with Crippen LogP contribution < -0.4 is 15.4 Å². The third-order valence-corrected chi connectivity index (χ3v) is 4.85. The summed E-state index contributed by atoms with van der Waals surface area (Å²) in [4.78, 5) is 21.3. The highest BCUT2D eigenvalue weighted by Crippen LogP contribution is 2.34. The van der Waals surface area contributed by atoms with Crippen LogP contribution in [0.5, 0.6) is 5.88 Å². The van der Waals surface area contributed by atoms with E-state index in [2.05, 4.69) is 30.8 Å². The standard InChI is InChI=1S/C22H22N6O3/c1-13(14-6-4-3-5-7-14)24-22(30)26-18-11-17-19(21(31-2)28-27-17)20(25-18)15-8-9-23-16(10-15)12-29/h3-11,13,29H,12H2,1-2H3,(H,27,28)(H2,24,25,26,30). The fraction of sp³-hybridized carbons (Fsp3) is 0.182. The minimum atomic E-state index is -0.383. The molecule has 3 aromatic heterocycles. The highest BCUT2D eigenvalue weighted by molar-refractivity contribution is 5.99. The molecule has 2 amide bonds. The third-order valence-electron chi connectivity index (χ3n) is 4.85. The number of nitrogens with zero attached hydrogens (tertiary/aromatic N) is 3. The lowest BCUT2D eigenvalue weighted by Crippen LogP contribution is -2.31. The molecule has 3 heterocycles. The van der Waals surface area contributed by atoms with Crippen LogP contribution in [0.3, 0.4) is 0 Å². The van der Waals surface area contributed by atoms with E-state index in [1.807, 2.05) is 37.3 Å². The van der Waals surface area contributed by atoms with Gasteiger partial charge in [0.2, 0.25) is 5.88 Å². The van der Waals surface area contributed by atoms with E-state index in [-0.39, 0.29) is 18.7 Å². The van der Waals surface area contributed by atoms with Crippen molar-refractivity contribution < 1.29 is 14.6 Å². The van der Waals surface area contributed by atoms with Crippen LogP contribution in [0.4, 0.5) is 10.6 Å². The minimum absolute atomic E-state index is 0.177. The van der Waals surface area contributed by atoms with Crippen molar-refractivity contribution in [3.05, 3.63) is 66.0 Å². The second-order valence-corrected chi connectivity index (χ2v) is 6.94. The molecule has 1 atom stereocenters. The molecule has 31 heavy (non-hydrogen) atoms. The third kappa shape index (κ3) is 4.31. The molecule has 0 spiro atoms. The van der Waals surface area contributed by atoms with Gasteiger partial charge in [-0.15, -0.1) is 5.10 Å². The van der Waals surface area contributed by atoms with E-state index in [9.17, 15) is 9.90 Å². The number of carbonyl (C=O) groups is 1. The highest BCUT2D eigenvalue weighted by Gasteiger charge is 2.18. The summed E-state index contributed by atoms with van der Waals surface area (Å²) in [5.41, 5.74) is 3.41. The van der Waals surface area contributed by atoms with Crippen LogP contribution in [0.1, 0.15) is 24.2 Å². The molecule has 0 aliphatic rings. The Hall–Kier alpha value is -3.98. The second kappa shape index (κ2) is 8.80. The summed E-state index contributed by atoms with van der Waals surface area (Å²) in [6.07, 6.45) is 1.59. The van der Waals surface area contributed by atoms with Gasteiger partial charge in [0.05, 0.1) is 42.0 Å². The molecule has 158 valence electrons. The normalized spacial score (nSPS) is 11.8. The quantitative estimate of drug-likeness (QED) is 0.380. The van der Waals surface area contributed by atoms with E-state index in [1.54, 1.807) is 24.4 Å². The first-order valence-corrected chi connectivity index (χ1v) is 9.70. The molecule has 0 saturated carbocycles. The van der Waals surface area contributed by atoms with Crippen molar-refractivity contribution in [2.24, 2.45) is 0 Å². The summed E-state index contributed by atoms with van der Waals surface area (Å²) < 4.78 is 5.36. The van der Waals surface area contributed by atoms with Crippen LogP contribution in [0.15, 0.2) is 54.7 Å². The summed E-state index contributed by atoms with van der Waals surface area (Å²) in [6.45, 7) is 1.71. The maximum absolute atomic E-state index is 12.6. The number of fused-ring (bicyclic) bond motifs is 1. The van der Waals surface area contributed by atoms with Crippen LogP contribution in [0.2, 0.25) is 0 Å². The molecule has 1 unspecified atom stereocenters. The summed E-state index contributed by atoms with van der Waals surface area (Å²) in [7, 11) is 1.52. The number of nitrogens with one attached hydrogen (secondary N) is 3. The number of aliphatic hydroxyl groups excluding tert-OH is 1. The topological polar surface area (TPSA) is 125 Å².